The second-order valence-electron chi connectivity index (χ2n) is 5.31. The molecule has 0 bridgehead atoms. The predicted octanol–water partition coefficient (Wildman–Crippen LogP) is 2.94. The Kier molecular flexibility index (Phi) is 6.84. The number of ether oxygens (including phenoxy) is 4. The molecule has 0 unspecified atom stereocenters. The zero-order valence-electron chi connectivity index (χ0n) is 15.2. The normalized spacial score (nSPS) is 11.3. The van der Waals surface area contributed by atoms with Crippen LogP contribution in [0, 0.1) is 0 Å². The van der Waals surface area contributed by atoms with Crippen LogP contribution in [0.25, 0.3) is 0 Å². The summed E-state index contributed by atoms with van der Waals surface area (Å²) < 4.78 is 20.8. The molecule has 0 aliphatic heterocycles. The van der Waals surface area contributed by atoms with E-state index in [9.17, 15) is 9.59 Å². The number of aromatic nitrogens is 1. The Morgan fingerprint density at radius 1 is 1.04 bits per heavy atom. The minimum absolute atomic E-state index is 0.0967. The first-order chi connectivity index (χ1) is 12.9. The van der Waals surface area contributed by atoms with Crippen LogP contribution in [0.2, 0.25) is 5.02 Å². The Hall–Kier alpha value is -3.00. The summed E-state index contributed by atoms with van der Waals surface area (Å²) in [7, 11) is 4.31. The van der Waals surface area contributed by atoms with Crippen LogP contribution in [-0.2, 0) is 9.53 Å². The second kappa shape index (κ2) is 9.09. The number of esters is 1. The van der Waals surface area contributed by atoms with E-state index in [-0.39, 0.29) is 17.1 Å². The number of pyridine rings is 1. The molecule has 0 fully saturated rings. The first-order valence-electron chi connectivity index (χ1n) is 7.83. The number of anilines is 1. The summed E-state index contributed by atoms with van der Waals surface area (Å²) in [6.45, 7) is 1.44. The van der Waals surface area contributed by atoms with Gasteiger partial charge in [-0.1, -0.05) is 11.6 Å². The molecule has 0 saturated heterocycles. The molecule has 0 spiro atoms. The van der Waals surface area contributed by atoms with Crippen molar-refractivity contribution >= 4 is 29.3 Å². The number of halogens is 1. The van der Waals surface area contributed by atoms with E-state index >= 15 is 0 Å². The SMILES string of the molecule is COc1cc(OC)c(C(=O)O[C@@H](C)C(=O)Nc2ccc(Cl)cn2)cc1OC. The van der Waals surface area contributed by atoms with Gasteiger partial charge in [-0.15, -0.1) is 0 Å². The van der Waals surface area contributed by atoms with Crippen LogP contribution in [0.1, 0.15) is 17.3 Å². The first kappa shape index (κ1) is 20.3. The van der Waals surface area contributed by atoms with Crippen molar-refractivity contribution in [2.45, 2.75) is 13.0 Å². The number of carbonyl (C=O) groups is 2. The molecule has 2 rings (SSSR count). The molecule has 144 valence electrons. The molecule has 2 aromatic rings. The molecular formula is C18H19ClN2O6. The van der Waals surface area contributed by atoms with Crippen molar-refractivity contribution in [3.8, 4) is 17.2 Å². The Morgan fingerprint density at radius 3 is 2.22 bits per heavy atom. The highest BCUT2D eigenvalue weighted by Crippen LogP contribution is 2.35. The van der Waals surface area contributed by atoms with E-state index in [1.165, 1.54) is 52.6 Å². The van der Waals surface area contributed by atoms with E-state index in [1.54, 1.807) is 6.07 Å². The van der Waals surface area contributed by atoms with Crippen LogP contribution in [0.15, 0.2) is 30.5 Å². The summed E-state index contributed by atoms with van der Waals surface area (Å²) in [6.07, 6.45) is 0.315. The van der Waals surface area contributed by atoms with E-state index in [1.807, 2.05) is 0 Å². The lowest BCUT2D eigenvalue weighted by atomic mass is 10.1. The van der Waals surface area contributed by atoms with E-state index in [0.717, 1.165) is 0 Å². The summed E-state index contributed by atoms with van der Waals surface area (Å²) in [5.74, 6) is -0.0593. The maximum Gasteiger partial charge on any atom is 0.342 e. The molecule has 0 radical (unpaired) electrons. The van der Waals surface area contributed by atoms with Crippen molar-refractivity contribution in [1.82, 2.24) is 4.98 Å². The van der Waals surface area contributed by atoms with Crippen molar-refractivity contribution in [3.63, 3.8) is 0 Å². The van der Waals surface area contributed by atoms with E-state index in [2.05, 4.69) is 10.3 Å². The highest BCUT2D eigenvalue weighted by Gasteiger charge is 2.24. The van der Waals surface area contributed by atoms with Crippen LogP contribution < -0.4 is 19.5 Å². The number of hydrogen-bond donors (Lipinski definition) is 1. The number of rotatable bonds is 7. The van der Waals surface area contributed by atoms with Crippen molar-refractivity contribution in [1.29, 1.82) is 0 Å². The molecule has 27 heavy (non-hydrogen) atoms. The van der Waals surface area contributed by atoms with Crippen LogP contribution in [0.4, 0.5) is 5.82 Å². The number of methoxy groups -OCH3 is 3. The largest absolute Gasteiger partial charge is 0.496 e. The van der Waals surface area contributed by atoms with Gasteiger partial charge in [0.25, 0.3) is 5.91 Å². The number of amides is 1. The zero-order valence-corrected chi connectivity index (χ0v) is 16.0. The van der Waals surface area contributed by atoms with Gasteiger partial charge in [-0.3, -0.25) is 4.79 Å². The maximum atomic E-state index is 12.5. The minimum Gasteiger partial charge on any atom is -0.496 e. The third-order valence-electron chi connectivity index (χ3n) is 3.56. The number of nitrogens with zero attached hydrogens (tertiary/aromatic N) is 1. The molecule has 1 aromatic heterocycles. The molecule has 0 aliphatic carbocycles. The topological polar surface area (TPSA) is 96.0 Å². The van der Waals surface area contributed by atoms with Gasteiger partial charge < -0.3 is 24.3 Å². The van der Waals surface area contributed by atoms with Gasteiger partial charge in [0.1, 0.15) is 17.1 Å². The van der Waals surface area contributed by atoms with Crippen LogP contribution in [0.3, 0.4) is 0 Å². The van der Waals surface area contributed by atoms with Crippen molar-refractivity contribution < 1.29 is 28.5 Å². The van der Waals surface area contributed by atoms with Crippen LogP contribution >= 0.6 is 11.6 Å². The monoisotopic (exact) mass is 394 g/mol. The average Bonchev–Trinajstić information content (AvgIpc) is 2.68. The smallest absolute Gasteiger partial charge is 0.342 e. The van der Waals surface area contributed by atoms with E-state index < -0.39 is 18.0 Å². The summed E-state index contributed by atoms with van der Waals surface area (Å²) >= 11 is 5.75. The zero-order chi connectivity index (χ0) is 20.0. The number of nitrogens with one attached hydrogen (secondary N) is 1. The van der Waals surface area contributed by atoms with Crippen molar-refractivity contribution in [3.05, 3.63) is 41.0 Å². The lowest BCUT2D eigenvalue weighted by Gasteiger charge is -2.16. The molecule has 1 N–H and O–H groups in total. The molecule has 1 atom stereocenters. The average molecular weight is 395 g/mol. The van der Waals surface area contributed by atoms with Crippen LogP contribution in [-0.4, -0.2) is 44.3 Å². The molecule has 9 heteroatoms. The third kappa shape index (κ3) is 5.01. The lowest BCUT2D eigenvalue weighted by Crippen LogP contribution is -2.30. The van der Waals surface area contributed by atoms with Gasteiger partial charge in [0, 0.05) is 18.3 Å². The Bertz CT molecular complexity index is 825. The molecule has 0 aliphatic rings. The molecular weight excluding hydrogens is 376 g/mol. The summed E-state index contributed by atoms with van der Waals surface area (Å²) in [6, 6.07) is 6.03. The summed E-state index contributed by atoms with van der Waals surface area (Å²) in [4.78, 5) is 28.6. The fraction of sp³-hybridized carbons (Fsp3) is 0.278. The first-order valence-corrected chi connectivity index (χ1v) is 8.20. The summed E-state index contributed by atoms with van der Waals surface area (Å²) in [5, 5.41) is 2.97. The Balaban J connectivity index is 2.13. The minimum atomic E-state index is -1.08. The van der Waals surface area contributed by atoms with Gasteiger partial charge in [0.05, 0.1) is 26.4 Å². The number of hydrogen-bond acceptors (Lipinski definition) is 7. The fourth-order valence-electron chi connectivity index (χ4n) is 2.14. The van der Waals surface area contributed by atoms with Gasteiger partial charge in [-0.25, -0.2) is 9.78 Å². The molecule has 8 nitrogen and oxygen atoms in total. The summed E-state index contributed by atoms with van der Waals surface area (Å²) in [5.41, 5.74) is 0.0967. The van der Waals surface area contributed by atoms with Crippen molar-refractivity contribution in [2.24, 2.45) is 0 Å². The second-order valence-corrected chi connectivity index (χ2v) is 5.74. The van der Waals surface area contributed by atoms with Gasteiger partial charge in [0.15, 0.2) is 17.6 Å². The molecule has 0 saturated carbocycles. The highest BCUT2D eigenvalue weighted by atomic mass is 35.5. The standard InChI is InChI=1S/C18H19ClN2O6/c1-10(17(22)21-16-6-5-11(19)9-20-16)27-18(23)12-7-14(25-3)15(26-4)8-13(12)24-2/h5-10H,1-4H3,(H,20,21,22)/t10-/m0/s1. The number of benzene rings is 1. The van der Waals surface area contributed by atoms with Crippen molar-refractivity contribution in [2.75, 3.05) is 26.6 Å². The van der Waals surface area contributed by atoms with E-state index in [4.69, 9.17) is 30.5 Å². The maximum absolute atomic E-state index is 12.5. The Morgan fingerprint density at radius 2 is 1.67 bits per heavy atom. The van der Waals surface area contributed by atoms with E-state index in [0.29, 0.717) is 16.5 Å². The van der Waals surface area contributed by atoms with Gasteiger partial charge >= 0.3 is 5.97 Å². The number of carbonyl (C=O) groups excluding carboxylic acids is 2. The quantitative estimate of drug-likeness (QED) is 0.721. The predicted molar refractivity (Wildman–Crippen MR) is 98.9 cm³/mol. The molecule has 1 heterocycles. The Labute approximate surface area is 161 Å². The van der Waals surface area contributed by atoms with Gasteiger partial charge in [-0.05, 0) is 19.1 Å². The highest BCUT2D eigenvalue weighted by molar-refractivity contribution is 6.30. The fourth-order valence-corrected chi connectivity index (χ4v) is 2.26. The van der Waals surface area contributed by atoms with Crippen LogP contribution in [0.5, 0.6) is 17.2 Å². The van der Waals surface area contributed by atoms with Gasteiger partial charge in [0.2, 0.25) is 0 Å². The molecule has 1 amide bonds. The van der Waals surface area contributed by atoms with Gasteiger partial charge in [-0.2, -0.15) is 0 Å². The lowest BCUT2D eigenvalue weighted by molar-refractivity contribution is -0.123. The molecule has 1 aromatic carbocycles. The third-order valence-corrected chi connectivity index (χ3v) is 3.78.